The zero-order valence-electron chi connectivity index (χ0n) is 7.35. The van der Waals surface area contributed by atoms with Crippen molar-refractivity contribution in [2.45, 2.75) is 39.7 Å². The third-order valence-corrected chi connectivity index (χ3v) is 2.83. The molecular weight excluding hydrogens is 122 g/mol. The van der Waals surface area contributed by atoms with E-state index in [0.717, 1.165) is 17.9 Å². The largest absolute Gasteiger partial charge is 0.313 e. The average Bonchev–Trinajstić information content (AvgIpc) is 2.20. The van der Waals surface area contributed by atoms with Crippen molar-refractivity contribution >= 4 is 0 Å². The van der Waals surface area contributed by atoms with Crippen molar-refractivity contribution in [2.24, 2.45) is 11.8 Å². The first-order valence-corrected chi connectivity index (χ1v) is 4.49. The second kappa shape index (κ2) is 3.38. The molecule has 0 aromatic rings. The molecule has 0 radical (unpaired) electrons. The molecule has 3 atom stereocenters. The Morgan fingerprint density at radius 3 is 2.50 bits per heavy atom. The standard InChI is InChI=1S/C9H19N/c1-4-5-9-8(3)7(2)6-10-9/h7-10H,4-6H2,1-3H3. The number of rotatable bonds is 2. The van der Waals surface area contributed by atoms with E-state index in [4.69, 9.17) is 0 Å². The van der Waals surface area contributed by atoms with Crippen LogP contribution in [0.25, 0.3) is 0 Å². The van der Waals surface area contributed by atoms with Crippen molar-refractivity contribution in [1.29, 1.82) is 0 Å². The van der Waals surface area contributed by atoms with E-state index in [2.05, 4.69) is 26.1 Å². The zero-order valence-corrected chi connectivity index (χ0v) is 7.35. The van der Waals surface area contributed by atoms with Crippen LogP contribution < -0.4 is 5.32 Å². The summed E-state index contributed by atoms with van der Waals surface area (Å²) >= 11 is 0. The maximum absolute atomic E-state index is 3.56. The SMILES string of the molecule is CCCC1NCC(C)C1C. The molecule has 0 saturated carbocycles. The maximum atomic E-state index is 3.56. The van der Waals surface area contributed by atoms with E-state index in [0.29, 0.717) is 0 Å². The highest BCUT2D eigenvalue weighted by molar-refractivity contribution is 4.84. The molecule has 1 heteroatoms. The highest BCUT2D eigenvalue weighted by Gasteiger charge is 2.27. The average molecular weight is 141 g/mol. The molecule has 3 unspecified atom stereocenters. The summed E-state index contributed by atoms with van der Waals surface area (Å²) in [6.45, 7) is 8.20. The summed E-state index contributed by atoms with van der Waals surface area (Å²) in [6.07, 6.45) is 2.67. The lowest BCUT2D eigenvalue weighted by Crippen LogP contribution is -2.25. The topological polar surface area (TPSA) is 12.0 Å². The molecule has 1 heterocycles. The molecule has 1 fully saturated rings. The van der Waals surface area contributed by atoms with Gasteiger partial charge in [-0.3, -0.25) is 0 Å². The van der Waals surface area contributed by atoms with Crippen molar-refractivity contribution in [1.82, 2.24) is 5.32 Å². The zero-order chi connectivity index (χ0) is 7.56. The summed E-state index contributed by atoms with van der Waals surface area (Å²) < 4.78 is 0. The third-order valence-electron chi connectivity index (χ3n) is 2.83. The Kier molecular flexibility index (Phi) is 2.72. The van der Waals surface area contributed by atoms with Crippen molar-refractivity contribution in [3.8, 4) is 0 Å². The maximum Gasteiger partial charge on any atom is 0.00957 e. The van der Waals surface area contributed by atoms with Crippen molar-refractivity contribution in [3.05, 3.63) is 0 Å². The summed E-state index contributed by atoms with van der Waals surface area (Å²) in [4.78, 5) is 0. The van der Waals surface area contributed by atoms with Gasteiger partial charge in [0.25, 0.3) is 0 Å². The van der Waals surface area contributed by atoms with Gasteiger partial charge in [-0.05, 0) is 24.8 Å². The molecule has 1 N–H and O–H groups in total. The van der Waals surface area contributed by atoms with E-state index < -0.39 is 0 Å². The molecule has 60 valence electrons. The van der Waals surface area contributed by atoms with Crippen molar-refractivity contribution < 1.29 is 0 Å². The van der Waals surface area contributed by atoms with E-state index in [-0.39, 0.29) is 0 Å². The molecular formula is C9H19N. The van der Waals surface area contributed by atoms with Gasteiger partial charge in [0, 0.05) is 6.04 Å². The van der Waals surface area contributed by atoms with Gasteiger partial charge < -0.3 is 5.32 Å². The highest BCUT2D eigenvalue weighted by Crippen LogP contribution is 2.23. The number of hydrogen-bond donors (Lipinski definition) is 1. The summed E-state index contributed by atoms with van der Waals surface area (Å²) in [5.41, 5.74) is 0. The van der Waals surface area contributed by atoms with Gasteiger partial charge in [-0.1, -0.05) is 27.2 Å². The van der Waals surface area contributed by atoms with Gasteiger partial charge in [0.05, 0.1) is 0 Å². The predicted octanol–water partition coefficient (Wildman–Crippen LogP) is 2.03. The van der Waals surface area contributed by atoms with Gasteiger partial charge in [-0.15, -0.1) is 0 Å². The second-order valence-corrected chi connectivity index (χ2v) is 3.64. The lowest BCUT2D eigenvalue weighted by atomic mass is 9.92. The lowest BCUT2D eigenvalue weighted by Gasteiger charge is -2.15. The molecule has 0 amide bonds. The summed E-state index contributed by atoms with van der Waals surface area (Å²) in [7, 11) is 0. The molecule has 1 aliphatic rings. The summed E-state index contributed by atoms with van der Waals surface area (Å²) in [5.74, 6) is 1.77. The highest BCUT2D eigenvalue weighted by atomic mass is 15.0. The van der Waals surface area contributed by atoms with Gasteiger partial charge in [-0.2, -0.15) is 0 Å². The van der Waals surface area contributed by atoms with Gasteiger partial charge in [0.2, 0.25) is 0 Å². The second-order valence-electron chi connectivity index (χ2n) is 3.64. The normalized spacial score (nSPS) is 40.5. The Balaban J connectivity index is 2.33. The van der Waals surface area contributed by atoms with Gasteiger partial charge >= 0.3 is 0 Å². The fourth-order valence-electron chi connectivity index (χ4n) is 1.78. The number of hydrogen-bond acceptors (Lipinski definition) is 1. The Bertz CT molecular complexity index is 98.9. The van der Waals surface area contributed by atoms with E-state index in [1.165, 1.54) is 19.4 Å². The smallest absolute Gasteiger partial charge is 0.00957 e. The minimum atomic E-state index is 0.806. The third kappa shape index (κ3) is 1.51. The van der Waals surface area contributed by atoms with E-state index in [1.807, 2.05) is 0 Å². The molecule has 1 aliphatic heterocycles. The van der Waals surface area contributed by atoms with Crippen LogP contribution in [0.15, 0.2) is 0 Å². The summed E-state index contributed by atoms with van der Waals surface area (Å²) in [5, 5.41) is 3.56. The molecule has 0 aliphatic carbocycles. The molecule has 0 spiro atoms. The molecule has 1 rings (SSSR count). The van der Waals surface area contributed by atoms with Crippen LogP contribution in [-0.2, 0) is 0 Å². The van der Waals surface area contributed by atoms with Crippen molar-refractivity contribution in [3.63, 3.8) is 0 Å². The lowest BCUT2D eigenvalue weighted by molar-refractivity contribution is 0.396. The van der Waals surface area contributed by atoms with Crippen molar-refractivity contribution in [2.75, 3.05) is 6.54 Å². The van der Waals surface area contributed by atoms with Crippen LogP contribution in [0.2, 0.25) is 0 Å². The van der Waals surface area contributed by atoms with E-state index >= 15 is 0 Å². The molecule has 1 nitrogen and oxygen atoms in total. The Labute approximate surface area is 64.2 Å². The minimum Gasteiger partial charge on any atom is -0.313 e. The Morgan fingerprint density at radius 2 is 2.10 bits per heavy atom. The molecule has 1 saturated heterocycles. The first kappa shape index (κ1) is 8.06. The van der Waals surface area contributed by atoms with Crippen LogP contribution in [0, 0.1) is 11.8 Å². The molecule has 0 bridgehead atoms. The predicted molar refractivity (Wildman–Crippen MR) is 45.0 cm³/mol. The molecule has 0 aromatic heterocycles. The summed E-state index contributed by atoms with van der Waals surface area (Å²) in [6, 6.07) is 0.806. The van der Waals surface area contributed by atoms with Crippen LogP contribution in [-0.4, -0.2) is 12.6 Å². The first-order chi connectivity index (χ1) is 4.75. The fraction of sp³-hybridized carbons (Fsp3) is 1.00. The number of nitrogens with one attached hydrogen (secondary N) is 1. The molecule has 10 heavy (non-hydrogen) atoms. The van der Waals surface area contributed by atoms with Crippen LogP contribution in [0.5, 0.6) is 0 Å². The van der Waals surface area contributed by atoms with E-state index in [9.17, 15) is 0 Å². The van der Waals surface area contributed by atoms with Crippen LogP contribution in [0.3, 0.4) is 0 Å². The Hall–Kier alpha value is -0.0400. The van der Waals surface area contributed by atoms with Crippen LogP contribution >= 0.6 is 0 Å². The van der Waals surface area contributed by atoms with Gasteiger partial charge in [0.1, 0.15) is 0 Å². The van der Waals surface area contributed by atoms with Gasteiger partial charge in [-0.25, -0.2) is 0 Å². The minimum absolute atomic E-state index is 0.806. The fourth-order valence-corrected chi connectivity index (χ4v) is 1.78. The first-order valence-electron chi connectivity index (χ1n) is 4.49. The quantitative estimate of drug-likeness (QED) is 0.620. The van der Waals surface area contributed by atoms with Gasteiger partial charge in [0.15, 0.2) is 0 Å². The molecule has 0 aromatic carbocycles. The van der Waals surface area contributed by atoms with Crippen LogP contribution in [0.1, 0.15) is 33.6 Å². The Morgan fingerprint density at radius 1 is 1.40 bits per heavy atom. The van der Waals surface area contributed by atoms with E-state index in [1.54, 1.807) is 0 Å². The monoisotopic (exact) mass is 141 g/mol. The van der Waals surface area contributed by atoms with Crippen LogP contribution in [0.4, 0.5) is 0 Å².